The molecular formula is C31H39N5O5S2. The molecule has 4 amide bonds. The first-order valence-electron chi connectivity index (χ1n) is 14.3. The van der Waals surface area contributed by atoms with E-state index in [0.29, 0.717) is 23.5 Å². The zero-order valence-electron chi connectivity index (χ0n) is 25.2. The number of carbonyl (C=O) groups is 3. The van der Waals surface area contributed by atoms with Crippen molar-refractivity contribution in [3.63, 3.8) is 0 Å². The van der Waals surface area contributed by atoms with Crippen LogP contribution in [0.25, 0.3) is 0 Å². The van der Waals surface area contributed by atoms with Crippen LogP contribution in [0.1, 0.15) is 63.9 Å². The lowest BCUT2D eigenvalue weighted by Crippen LogP contribution is -2.39. The molecule has 0 saturated heterocycles. The number of nitrogens with zero attached hydrogens (tertiary/aromatic N) is 3. The average molecular weight is 626 g/mol. The number of rotatable bonds is 10. The molecule has 0 fully saturated rings. The van der Waals surface area contributed by atoms with Gasteiger partial charge in [0.1, 0.15) is 5.00 Å². The molecule has 0 unspecified atom stereocenters. The van der Waals surface area contributed by atoms with Gasteiger partial charge in [0.25, 0.3) is 11.8 Å². The summed E-state index contributed by atoms with van der Waals surface area (Å²) in [6, 6.07) is 14.3. The van der Waals surface area contributed by atoms with Crippen LogP contribution in [0.4, 0.5) is 9.80 Å². The van der Waals surface area contributed by atoms with Crippen LogP contribution in [0.2, 0.25) is 0 Å². The van der Waals surface area contributed by atoms with Gasteiger partial charge in [-0.05, 0) is 68.6 Å². The van der Waals surface area contributed by atoms with Gasteiger partial charge in [0.15, 0.2) is 0 Å². The highest BCUT2D eigenvalue weighted by atomic mass is 32.2. The highest BCUT2D eigenvalue weighted by Crippen LogP contribution is 2.37. The van der Waals surface area contributed by atoms with Crippen molar-refractivity contribution in [2.75, 3.05) is 32.5 Å². The number of amides is 4. The van der Waals surface area contributed by atoms with Crippen LogP contribution in [0.15, 0.2) is 59.5 Å². The van der Waals surface area contributed by atoms with Gasteiger partial charge in [0, 0.05) is 50.2 Å². The van der Waals surface area contributed by atoms with Gasteiger partial charge in [-0.1, -0.05) is 37.3 Å². The maximum absolute atomic E-state index is 13.5. The summed E-state index contributed by atoms with van der Waals surface area (Å²) in [5, 5.41) is 5.63. The second-order valence-corrected chi connectivity index (χ2v) is 14.0. The number of hydrogen-bond donors (Lipinski definition) is 2. The summed E-state index contributed by atoms with van der Waals surface area (Å²) >= 11 is 1.33. The van der Waals surface area contributed by atoms with Crippen molar-refractivity contribution in [1.82, 2.24) is 19.4 Å². The van der Waals surface area contributed by atoms with Gasteiger partial charge in [-0.15, -0.1) is 11.3 Å². The predicted molar refractivity (Wildman–Crippen MR) is 169 cm³/mol. The summed E-state index contributed by atoms with van der Waals surface area (Å²) in [7, 11) is -0.749. The Bertz CT molecular complexity index is 1570. The molecule has 1 aliphatic rings. The van der Waals surface area contributed by atoms with Crippen LogP contribution >= 0.6 is 11.3 Å². The summed E-state index contributed by atoms with van der Waals surface area (Å²) < 4.78 is 28.5. The molecule has 1 aliphatic heterocycles. The number of benzene rings is 2. The Hall–Kier alpha value is -3.58. The lowest BCUT2D eigenvalue weighted by Gasteiger charge is -2.26. The van der Waals surface area contributed by atoms with Gasteiger partial charge in [-0.3, -0.25) is 19.8 Å². The van der Waals surface area contributed by atoms with Gasteiger partial charge < -0.3 is 10.2 Å². The standard InChI is InChI=1S/C31H39N5O5S2/c1-6-17-35-18-16-25-26(20-35)42-30(27(25)29(38)33-31(39)34(4)5)32-28(37)23-12-14-24(15-13-23)43(40,41)36(21(2)3)19-22-10-8-7-9-11-22/h7-15,21H,6,16-20H2,1-5H3,(H,32,37)(H,33,38,39). The zero-order valence-corrected chi connectivity index (χ0v) is 26.8. The number of imide groups is 1. The number of carbonyl (C=O) groups excluding carboxylic acids is 3. The Morgan fingerprint density at radius 3 is 2.28 bits per heavy atom. The highest BCUT2D eigenvalue weighted by Gasteiger charge is 2.31. The van der Waals surface area contributed by atoms with Crippen molar-refractivity contribution in [2.24, 2.45) is 0 Å². The third-order valence-electron chi connectivity index (χ3n) is 7.24. The van der Waals surface area contributed by atoms with Crippen molar-refractivity contribution in [3.8, 4) is 0 Å². The number of anilines is 1. The molecule has 230 valence electrons. The summed E-state index contributed by atoms with van der Waals surface area (Å²) in [6.07, 6.45) is 1.63. The van der Waals surface area contributed by atoms with Crippen LogP contribution in [0.5, 0.6) is 0 Å². The monoisotopic (exact) mass is 625 g/mol. The molecule has 3 aromatic rings. The number of nitrogens with one attached hydrogen (secondary N) is 2. The second kappa shape index (κ2) is 13.8. The van der Waals surface area contributed by atoms with E-state index in [1.807, 2.05) is 44.2 Å². The Balaban J connectivity index is 1.58. The van der Waals surface area contributed by atoms with Gasteiger partial charge in [0.2, 0.25) is 10.0 Å². The van der Waals surface area contributed by atoms with E-state index < -0.39 is 27.9 Å². The predicted octanol–water partition coefficient (Wildman–Crippen LogP) is 4.78. The van der Waals surface area contributed by atoms with Gasteiger partial charge in [-0.25, -0.2) is 13.2 Å². The molecule has 12 heteroatoms. The fourth-order valence-corrected chi connectivity index (χ4v) is 7.87. The molecule has 2 aromatic carbocycles. The molecule has 0 aliphatic carbocycles. The molecule has 10 nitrogen and oxygen atoms in total. The topological polar surface area (TPSA) is 119 Å². The molecule has 4 rings (SSSR count). The van der Waals surface area contributed by atoms with E-state index in [4.69, 9.17) is 0 Å². The third kappa shape index (κ3) is 7.50. The number of urea groups is 1. The summed E-state index contributed by atoms with van der Waals surface area (Å²) in [5.41, 5.74) is 2.25. The highest BCUT2D eigenvalue weighted by molar-refractivity contribution is 7.89. The number of sulfonamides is 1. The van der Waals surface area contributed by atoms with Crippen molar-refractivity contribution >= 4 is 44.2 Å². The maximum atomic E-state index is 13.5. The molecule has 2 heterocycles. The quantitative estimate of drug-likeness (QED) is 0.335. The minimum Gasteiger partial charge on any atom is -0.331 e. The molecule has 2 N–H and O–H groups in total. The van der Waals surface area contributed by atoms with Crippen molar-refractivity contribution in [2.45, 2.75) is 57.6 Å². The molecule has 0 atom stereocenters. The number of fused-ring (bicyclic) bond motifs is 1. The minimum atomic E-state index is -3.84. The van der Waals surface area contributed by atoms with Crippen LogP contribution in [-0.2, 0) is 29.5 Å². The Morgan fingerprint density at radius 1 is 1.00 bits per heavy atom. The first kappa shape index (κ1) is 32.3. The van der Waals surface area contributed by atoms with E-state index in [1.165, 1.54) is 44.8 Å². The van der Waals surface area contributed by atoms with E-state index in [2.05, 4.69) is 22.5 Å². The number of hydrogen-bond acceptors (Lipinski definition) is 7. The molecule has 43 heavy (non-hydrogen) atoms. The summed E-state index contributed by atoms with van der Waals surface area (Å²) in [6.45, 7) is 8.35. The van der Waals surface area contributed by atoms with Crippen LogP contribution in [-0.4, -0.2) is 73.6 Å². The maximum Gasteiger partial charge on any atom is 0.323 e. The van der Waals surface area contributed by atoms with Crippen molar-refractivity contribution in [1.29, 1.82) is 0 Å². The summed E-state index contributed by atoms with van der Waals surface area (Å²) in [5.74, 6) is -1.05. The largest absolute Gasteiger partial charge is 0.331 e. The van der Waals surface area contributed by atoms with E-state index in [-0.39, 0.29) is 23.0 Å². The summed E-state index contributed by atoms with van der Waals surface area (Å²) in [4.78, 5) is 43.5. The number of thiophene rings is 1. The van der Waals surface area contributed by atoms with E-state index in [9.17, 15) is 22.8 Å². The van der Waals surface area contributed by atoms with E-state index in [1.54, 1.807) is 14.1 Å². The molecule has 1 aromatic heterocycles. The molecule has 0 bridgehead atoms. The first-order valence-corrected chi connectivity index (χ1v) is 16.5. The van der Waals surface area contributed by atoms with Crippen LogP contribution in [0.3, 0.4) is 0 Å². The SMILES string of the molecule is CCCN1CCc2c(sc(NC(=O)c3ccc(S(=O)(=O)N(Cc4ccccc4)C(C)C)cc3)c2C(=O)NC(=O)N(C)C)C1. The third-order valence-corrected chi connectivity index (χ3v) is 10.4. The minimum absolute atomic E-state index is 0.0820. The van der Waals surface area contributed by atoms with Crippen LogP contribution < -0.4 is 10.6 Å². The molecule has 0 saturated carbocycles. The fourth-order valence-electron chi connectivity index (χ4n) is 4.96. The van der Waals surface area contributed by atoms with Crippen molar-refractivity contribution < 1.29 is 22.8 Å². The zero-order chi connectivity index (χ0) is 31.3. The van der Waals surface area contributed by atoms with E-state index >= 15 is 0 Å². The van der Waals surface area contributed by atoms with Gasteiger partial charge in [0.05, 0.1) is 10.5 Å². The second-order valence-electron chi connectivity index (χ2n) is 11.0. The van der Waals surface area contributed by atoms with Crippen LogP contribution in [0, 0.1) is 0 Å². The smallest absolute Gasteiger partial charge is 0.323 e. The molecule has 0 spiro atoms. The average Bonchev–Trinajstić information content (AvgIpc) is 3.33. The Morgan fingerprint density at radius 2 is 1.67 bits per heavy atom. The Labute approximate surface area is 257 Å². The fraction of sp³-hybridized carbons (Fsp3) is 0.387. The van der Waals surface area contributed by atoms with Crippen molar-refractivity contribution in [3.05, 3.63) is 81.7 Å². The lowest BCUT2D eigenvalue weighted by molar-refractivity contribution is 0.0956. The molecule has 0 radical (unpaired) electrons. The normalized spacial score (nSPS) is 13.6. The van der Waals surface area contributed by atoms with Gasteiger partial charge >= 0.3 is 6.03 Å². The first-order chi connectivity index (χ1) is 20.4. The van der Waals surface area contributed by atoms with E-state index in [0.717, 1.165) is 35.5 Å². The van der Waals surface area contributed by atoms with Gasteiger partial charge in [-0.2, -0.15) is 4.31 Å². The lowest BCUT2D eigenvalue weighted by atomic mass is 10.0. The molecular weight excluding hydrogens is 587 g/mol. The Kier molecular flexibility index (Phi) is 10.4.